The molecule has 2 aromatic carbocycles. The maximum atomic E-state index is 14.0. The van der Waals surface area contributed by atoms with Crippen molar-refractivity contribution in [2.45, 2.75) is 12.5 Å². The van der Waals surface area contributed by atoms with Gasteiger partial charge in [0.15, 0.2) is 0 Å². The van der Waals surface area contributed by atoms with Crippen molar-refractivity contribution in [2.24, 2.45) is 0 Å². The molecule has 0 spiro atoms. The lowest BCUT2D eigenvalue weighted by Crippen LogP contribution is -2.53. The summed E-state index contributed by atoms with van der Waals surface area (Å²) >= 11 is 5.14. The van der Waals surface area contributed by atoms with Crippen molar-refractivity contribution in [3.8, 4) is 0 Å². The number of amides is 2. The molecule has 2 amide bonds. The molecule has 2 aliphatic rings. The number of piperazine rings is 1. The fourth-order valence-electron chi connectivity index (χ4n) is 4.84. The van der Waals surface area contributed by atoms with Crippen LogP contribution >= 0.6 is 27.3 Å². The van der Waals surface area contributed by atoms with E-state index in [9.17, 15) is 14.0 Å². The molecule has 8 heteroatoms. The largest absolute Gasteiger partial charge is 0.338 e. The Bertz CT molecular complexity index is 1210. The first-order chi connectivity index (χ1) is 16.5. The molecule has 0 bridgehead atoms. The third-order valence-electron chi connectivity index (χ3n) is 6.56. The fraction of sp³-hybridized carbons (Fsp3) is 0.308. The van der Waals surface area contributed by atoms with Crippen LogP contribution in [0.15, 0.2) is 64.5 Å². The van der Waals surface area contributed by atoms with Gasteiger partial charge in [-0.2, -0.15) is 0 Å². The minimum absolute atomic E-state index is 0.0133. The van der Waals surface area contributed by atoms with E-state index in [1.54, 1.807) is 28.4 Å². The van der Waals surface area contributed by atoms with E-state index in [-0.39, 0.29) is 30.2 Å². The number of hydrogen-bond acceptors (Lipinski definition) is 4. The maximum Gasteiger partial charge on any atom is 0.254 e. The number of rotatable bonds is 4. The summed E-state index contributed by atoms with van der Waals surface area (Å²) in [5, 5.41) is 2.07. The number of carbonyl (C=O) groups excluding carboxylic acids is 2. The Balaban J connectivity index is 1.25. The Morgan fingerprint density at radius 3 is 2.50 bits per heavy atom. The molecular weight excluding hydrogens is 517 g/mol. The first kappa shape index (κ1) is 23.2. The van der Waals surface area contributed by atoms with Crippen molar-refractivity contribution in [1.29, 1.82) is 0 Å². The van der Waals surface area contributed by atoms with E-state index in [0.717, 1.165) is 23.0 Å². The number of thiophene rings is 1. The summed E-state index contributed by atoms with van der Waals surface area (Å²) < 4.78 is 14.9. The van der Waals surface area contributed by atoms with Crippen LogP contribution in [-0.4, -0.2) is 65.8 Å². The number of nitrogens with zero attached hydrogens (tertiary/aromatic N) is 3. The number of carbonyl (C=O) groups is 2. The second-order valence-corrected chi connectivity index (χ2v) is 10.6. The van der Waals surface area contributed by atoms with E-state index in [2.05, 4.69) is 32.3 Å². The van der Waals surface area contributed by atoms with Gasteiger partial charge in [0.2, 0.25) is 5.91 Å². The Morgan fingerprint density at radius 2 is 1.74 bits per heavy atom. The Hall–Kier alpha value is -2.55. The highest BCUT2D eigenvalue weighted by Crippen LogP contribution is 2.37. The Morgan fingerprint density at radius 1 is 0.971 bits per heavy atom. The van der Waals surface area contributed by atoms with Crippen LogP contribution in [0.25, 0.3) is 0 Å². The highest BCUT2D eigenvalue weighted by atomic mass is 79.9. The minimum Gasteiger partial charge on any atom is -0.338 e. The monoisotopic (exact) mass is 541 g/mol. The molecule has 1 saturated heterocycles. The van der Waals surface area contributed by atoms with Gasteiger partial charge >= 0.3 is 0 Å². The topological polar surface area (TPSA) is 43.9 Å². The van der Waals surface area contributed by atoms with Gasteiger partial charge in [0.25, 0.3) is 5.91 Å². The van der Waals surface area contributed by atoms with Crippen LogP contribution in [0.3, 0.4) is 0 Å². The normalized spacial score (nSPS) is 18.6. The van der Waals surface area contributed by atoms with E-state index in [1.807, 2.05) is 35.2 Å². The van der Waals surface area contributed by atoms with Gasteiger partial charge in [0.1, 0.15) is 5.82 Å². The average Bonchev–Trinajstić information content (AvgIpc) is 3.32. The number of benzene rings is 2. The van der Waals surface area contributed by atoms with Crippen molar-refractivity contribution in [3.63, 3.8) is 0 Å². The molecule has 1 atom stereocenters. The van der Waals surface area contributed by atoms with Crippen LogP contribution in [-0.2, 0) is 11.2 Å². The first-order valence-corrected chi connectivity index (χ1v) is 13.1. The molecule has 5 nitrogen and oxygen atoms in total. The maximum absolute atomic E-state index is 14.0. The molecule has 0 saturated carbocycles. The molecule has 3 aromatic rings. The van der Waals surface area contributed by atoms with Gasteiger partial charge in [0.05, 0.1) is 12.6 Å². The lowest BCUT2D eigenvalue weighted by atomic mass is 9.93. The average molecular weight is 542 g/mol. The second kappa shape index (κ2) is 9.98. The Kier molecular flexibility index (Phi) is 6.81. The summed E-state index contributed by atoms with van der Waals surface area (Å²) in [6, 6.07) is 16.0. The van der Waals surface area contributed by atoms with Crippen LogP contribution in [0, 0.1) is 5.82 Å². The summed E-state index contributed by atoms with van der Waals surface area (Å²) in [5.74, 6) is -0.229. The first-order valence-electron chi connectivity index (χ1n) is 11.4. The van der Waals surface area contributed by atoms with Crippen molar-refractivity contribution >= 4 is 39.1 Å². The molecule has 3 heterocycles. The smallest absolute Gasteiger partial charge is 0.254 e. The highest BCUT2D eigenvalue weighted by molar-refractivity contribution is 9.10. The second-order valence-electron chi connectivity index (χ2n) is 8.66. The van der Waals surface area contributed by atoms with Crippen molar-refractivity contribution in [3.05, 3.63) is 91.8 Å². The predicted octanol–water partition coefficient (Wildman–Crippen LogP) is 4.58. The van der Waals surface area contributed by atoms with E-state index in [1.165, 1.54) is 16.5 Å². The minimum atomic E-state index is -0.266. The zero-order valence-electron chi connectivity index (χ0n) is 18.6. The lowest BCUT2D eigenvalue weighted by molar-refractivity contribution is -0.134. The van der Waals surface area contributed by atoms with Gasteiger partial charge in [-0.1, -0.05) is 34.1 Å². The molecule has 1 fully saturated rings. The molecular formula is C26H25BrFN3O2S. The summed E-state index contributed by atoms with van der Waals surface area (Å²) in [5.41, 5.74) is 2.68. The quantitative estimate of drug-likeness (QED) is 0.485. The molecule has 176 valence electrons. The van der Waals surface area contributed by atoms with Crippen LogP contribution in [0.2, 0.25) is 0 Å². The van der Waals surface area contributed by atoms with Gasteiger partial charge in [-0.3, -0.25) is 14.5 Å². The fourth-order valence-corrected chi connectivity index (χ4v) is 6.15. The SMILES string of the molecule is O=C(CN1CCc2sccc2C1c1cccc(F)c1)N1CCN(C(=O)c2cccc(Br)c2)CC1. The van der Waals surface area contributed by atoms with Gasteiger partial charge < -0.3 is 9.80 Å². The van der Waals surface area contributed by atoms with Crippen LogP contribution in [0.4, 0.5) is 4.39 Å². The zero-order chi connectivity index (χ0) is 23.7. The van der Waals surface area contributed by atoms with Crippen LogP contribution in [0.5, 0.6) is 0 Å². The van der Waals surface area contributed by atoms with Crippen LogP contribution < -0.4 is 0 Å². The van der Waals surface area contributed by atoms with E-state index >= 15 is 0 Å². The molecule has 1 aromatic heterocycles. The lowest BCUT2D eigenvalue weighted by Gasteiger charge is -2.39. The van der Waals surface area contributed by atoms with Crippen molar-refractivity contribution in [2.75, 3.05) is 39.3 Å². The summed E-state index contributed by atoms with van der Waals surface area (Å²) in [4.78, 5) is 33.2. The molecule has 0 N–H and O–H groups in total. The van der Waals surface area contributed by atoms with E-state index < -0.39 is 0 Å². The van der Waals surface area contributed by atoms with E-state index in [4.69, 9.17) is 0 Å². The number of hydrogen-bond donors (Lipinski definition) is 0. The van der Waals surface area contributed by atoms with Gasteiger partial charge in [-0.15, -0.1) is 11.3 Å². The zero-order valence-corrected chi connectivity index (χ0v) is 21.0. The molecule has 34 heavy (non-hydrogen) atoms. The van der Waals surface area contributed by atoms with E-state index in [0.29, 0.717) is 31.7 Å². The van der Waals surface area contributed by atoms with Crippen molar-refractivity contribution < 1.29 is 14.0 Å². The highest BCUT2D eigenvalue weighted by Gasteiger charge is 2.33. The predicted molar refractivity (Wildman–Crippen MR) is 134 cm³/mol. The summed E-state index contributed by atoms with van der Waals surface area (Å²) in [7, 11) is 0. The Labute approximate surface area is 210 Å². The number of fused-ring (bicyclic) bond motifs is 1. The van der Waals surface area contributed by atoms with Gasteiger partial charge in [-0.05, 0) is 59.3 Å². The molecule has 1 unspecified atom stereocenters. The number of halogens is 2. The molecule has 0 radical (unpaired) electrons. The standard InChI is InChI=1S/C26H25BrFN3O2S/c27-20-5-1-4-19(15-20)26(33)30-12-10-29(11-13-30)24(32)17-31-9-7-23-22(8-14-34-23)25(31)18-3-2-6-21(28)16-18/h1-6,8,14-16,25H,7,9-13,17H2. The van der Waals surface area contributed by atoms with Gasteiger partial charge in [0, 0.05) is 47.6 Å². The molecule has 2 aliphatic heterocycles. The van der Waals surface area contributed by atoms with Crippen molar-refractivity contribution in [1.82, 2.24) is 14.7 Å². The van der Waals surface area contributed by atoms with Crippen LogP contribution in [0.1, 0.15) is 32.4 Å². The van der Waals surface area contributed by atoms with Gasteiger partial charge in [-0.25, -0.2) is 4.39 Å². The third kappa shape index (κ3) is 4.80. The molecule has 5 rings (SSSR count). The summed E-state index contributed by atoms with van der Waals surface area (Å²) in [6.07, 6.45) is 0.890. The molecule has 0 aliphatic carbocycles. The third-order valence-corrected chi connectivity index (χ3v) is 8.05. The summed E-state index contributed by atoms with van der Waals surface area (Å²) in [6.45, 7) is 3.08.